The number of anilines is 2. The highest BCUT2D eigenvalue weighted by molar-refractivity contribution is 7.92. The van der Waals surface area contributed by atoms with E-state index in [2.05, 4.69) is 10.6 Å². The van der Waals surface area contributed by atoms with Crippen LogP contribution in [0.25, 0.3) is 0 Å². The molecule has 3 rings (SSSR count). The zero-order chi connectivity index (χ0) is 26.8. The molecule has 2 amide bonds. The first-order valence-electron chi connectivity index (χ1n) is 11.7. The molecular weight excluding hydrogens is 494 g/mol. The average molecular weight is 526 g/mol. The van der Waals surface area contributed by atoms with Gasteiger partial charge in [0.2, 0.25) is 15.9 Å². The number of sulfonamides is 1. The predicted octanol–water partition coefficient (Wildman–Crippen LogP) is 4.04. The molecule has 3 aromatic rings. The molecule has 0 aliphatic heterocycles. The number of hydrogen-bond donors (Lipinski definition) is 2. The molecule has 2 N–H and O–H groups in total. The van der Waals surface area contributed by atoms with E-state index in [1.54, 1.807) is 67.8 Å². The molecule has 0 aliphatic rings. The third-order valence-electron chi connectivity index (χ3n) is 5.40. The molecule has 0 heterocycles. The van der Waals surface area contributed by atoms with Gasteiger partial charge < -0.3 is 20.1 Å². The van der Waals surface area contributed by atoms with Gasteiger partial charge in [-0.2, -0.15) is 0 Å². The summed E-state index contributed by atoms with van der Waals surface area (Å²) in [6.45, 7) is 2.41. The molecule has 196 valence electrons. The fourth-order valence-corrected chi connectivity index (χ4v) is 4.81. The minimum absolute atomic E-state index is 0.272. The van der Waals surface area contributed by atoms with Gasteiger partial charge in [-0.05, 0) is 61.9 Å². The molecule has 0 saturated carbocycles. The molecule has 10 heteroatoms. The van der Waals surface area contributed by atoms with Crippen molar-refractivity contribution < 1.29 is 27.5 Å². The smallest absolute Gasteiger partial charge is 0.253 e. The summed E-state index contributed by atoms with van der Waals surface area (Å²) in [6.07, 6.45) is 1.68. The van der Waals surface area contributed by atoms with E-state index in [0.29, 0.717) is 36.8 Å². The van der Waals surface area contributed by atoms with Crippen molar-refractivity contribution in [3.05, 3.63) is 84.4 Å². The van der Waals surface area contributed by atoms with Crippen LogP contribution in [0.15, 0.2) is 78.9 Å². The van der Waals surface area contributed by atoms with Gasteiger partial charge in [-0.25, -0.2) is 8.42 Å². The third kappa shape index (κ3) is 7.80. The Kier molecular flexibility index (Phi) is 9.64. The number of para-hydroxylation sites is 2. The minimum Gasteiger partial charge on any atom is -0.457 e. The Morgan fingerprint density at radius 1 is 0.919 bits per heavy atom. The Labute approximate surface area is 217 Å². The first-order chi connectivity index (χ1) is 17.7. The van der Waals surface area contributed by atoms with Gasteiger partial charge in [-0.3, -0.25) is 13.9 Å². The largest absolute Gasteiger partial charge is 0.457 e. The minimum atomic E-state index is -3.83. The first-order valence-corrected chi connectivity index (χ1v) is 13.5. The van der Waals surface area contributed by atoms with Crippen molar-refractivity contribution in [1.82, 2.24) is 5.32 Å². The molecule has 0 fully saturated rings. The Morgan fingerprint density at radius 3 is 2.19 bits per heavy atom. The number of nitrogens with one attached hydrogen (secondary N) is 2. The van der Waals surface area contributed by atoms with Crippen LogP contribution in [0.1, 0.15) is 23.7 Å². The van der Waals surface area contributed by atoms with Crippen LogP contribution in [0.2, 0.25) is 0 Å². The fourth-order valence-electron chi connectivity index (χ4n) is 3.64. The number of carbonyl (C=O) groups excluding carboxylic acids is 2. The van der Waals surface area contributed by atoms with Crippen molar-refractivity contribution in [1.29, 1.82) is 0 Å². The van der Waals surface area contributed by atoms with Gasteiger partial charge in [-0.1, -0.05) is 30.3 Å². The molecule has 37 heavy (non-hydrogen) atoms. The third-order valence-corrected chi connectivity index (χ3v) is 6.64. The van der Waals surface area contributed by atoms with Crippen LogP contribution in [0.3, 0.4) is 0 Å². The maximum Gasteiger partial charge on any atom is 0.253 e. The summed E-state index contributed by atoms with van der Waals surface area (Å²) in [7, 11) is -2.25. The lowest BCUT2D eigenvalue weighted by Crippen LogP contribution is -2.45. The maximum absolute atomic E-state index is 13.2. The van der Waals surface area contributed by atoms with E-state index >= 15 is 0 Å². The maximum atomic E-state index is 13.2. The number of benzene rings is 3. The zero-order valence-electron chi connectivity index (χ0n) is 21.0. The van der Waals surface area contributed by atoms with Crippen LogP contribution >= 0.6 is 0 Å². The van der Waals surface area contributed by atoms with Gasteiger partial charge in [0, 0.05) is 20.3 Å². The van der Waals surface area contributed by atoms with E-state index < -0.39 is 22.0 Å². The van der Waals surface area contributed by atoms with Crippen molar-refractivity contribution in [3.63, 3.8) is 0 Å². The zero-order valence-corrected chi connectivity index (χ0v) is 21.8. The standard InChI is InChI=1S/C27H31N3O6S/c1-20(26(31)29-25-13-8-7-12-24(25)27(32)28-18-9-19-35-2)30(37(3,33)34)21-14-16-23(17-15-21)36-22-10-5-4-6-11-22/h4-8,10-17,20H,9,18-19H2,1-3H3,(H,28,32)(H,29,31)/t20-/m1/s1. The van der Waals surface area contributed by atoms with Crippen molar-refractivity contribution >= 4 is 33.2 Å². The lowest BCUT2D eigenvalue weighted by Gasteiger charge is -2.28. The van der Waals surface area contributed by atoms with Crippen molar-refractivity contribution in [3.8, 4) is 11.5 Å². The Morgan fingerprint density at radius 2 is 1.54 bits per heavy atom. The molecule has 0 saturated heterocycles. The Balaban J connectivity index is 1.76. The lowest BCUT2D eigenvalue weighted by molar-refractivity contribution is -0.116. The van der Waals surface area contributed by atoms with Crippen LogP contribution < -0.4 is 19.7 Å². The summed E-state index contributed by atoms with van der Waals surface area (Å²) in [5.41, 5.74) is 0.854. The van der Waals surface area contributed by atoms with E-state index in [1.807, 2.05) is 18.2 Å². The van der Waals surface area contributed by atoms with E-state index in [-0.39, 0.29) is 17.2 Å². The molecule has 0 radical (unpaired) electrons. The number of methoxy groups -OCH3 is 1. The number of hydrogen-bond acceptors (Lipinski definition) is 6. The van der Waals surface area contributed by atoms with Gasteiger partial charge in [-0.15, -0.1) is 0 Å². The highest BCUT2D eigenvalue weighted by Gasteiger charge is 2.30. The highest BCUT2D eigenvalue weighted by Crippen LogP contribution is 2.27. The monoisotopic (exact) mass is 525 g/mol. The Bertz CT molecular complexity index is 1300. The predicted molar refractivity (Wildman–Crippen MR) is 144 cm³/mol. The van der Waals surface area contributed by atoms with Crippen LogP contribution in [0.5, 0.6) is 11.5 Å². The molecule has 0 spiro atoms. The lowest BCUT2D eigenvalue weighted by atomic mass is 10.1. The van der Waals surface area contributed by atoms with Crippen LogP contribution in [0.4, 0.5) is 11.4 Å². The van der Waals surface area contributed by atoms with E-state index in [1.165, 1.54) is 6.92 Å². The first kappa shape index (κ1) is 27.7. The summed E-state index contributed by atoms with van der Waals surface area (Å²) < 4.78 is 37.2. The van der Waals surface area contributed by atoms with Gasteiger partial charge in [0.05, 0.1) is 23.2 Å². The van der Waals surface area contributed by atoms with Crippen LogP contribution in [0, 0.1) is 0 Å². The number of ether oxygens (including phenoxy) is 2. The summed E-state index contributed by atoms with van der Waals surface area (Å²) in [6, 6.07) is 21.0. The molecule has 0 unspecified atom stereocenters. The summed E-state index contributed by atoms with van der Waals surface area (Å²) in [4.78, 5) is 25.8. The van der Waals surface area contributed by atoms with E-state index in [4.69, 9.17) is 9.47 Å². The van der Waals surface area contributed by atoms with Crippen LogP contribution in [-0.4, -0.2) is 52.8 Å². The van der Waals surface area contributed by atoms with Crippen molar-refractivity contribution in [2.75, 3.05) is 36.1 Å². The molecular formula is C27H31N3O6S. The second kappa shape index (κ2) is 12.9. The normalized spacial score (nSPS) is 11.9. The number of nitrogens with zero attached hydrogens (tertiary/aromatic N) is 1. The molecule has 1 atom stereocenters. The highest BCUT2D eigenvalue weighted by atomic mass is 32.2. The van der Waals surface area contributed by atoms with Gasteiger partial charge in [0.25, 0.3) is 5.91 Å². The van der Waals surface area contributed by atoms with Crippen molar-refractivity contribution in [2.45, 2.75) is 19.4 Å². The van der Waals surface area contributed by atoms with Gasteiger partial charge in [0.1, 0.15) is 17.5 Å². The topological polar surface area (TPSA) is 114 Å². The van der Waals surface area contributed by atoms with Gasteiger partial charge in [0.15, 0.2) is 0 Å². The quantitative estimate of drug-likeness (QED) is 0.345. The molecule has 0 aromatic heterocycles. The molecule has 9 nitrogen and oxygen atoms in total. The SMILES string of the molecule is COCCCNC(=O)c1ccccc1NC(=O)[C@@H](C)N(c1ccc(Oc2ccccc2)cc1)S(C)(=O)=O. The second-order valence-electron chi connectivity index (χ2n) is 8.28. The second-order valence-corrected chi connectivity index (χ2v) is 10.1. The van der Waals surface area contributed by atoms with Gasteiger partial charge >= 0.3 is 0 Å². The Hall–Kier alpha value is -3.89. The number of carbonyl (C=O) groups is 2. The number of amides is 2. The van der Waals surface area contributed by atoms with Crippen molar-refractivity contribution in [2.24, 2.45) is 0 Å². The van der Waals surface area contributed by atoms with E-state index in [0.717, 1.165) is 10.6 Å². The molecule has 3 aromatic carbocycles. The van der Waals surface area contributed by atoms with Crippen LogP contribution in [-0.2, 0) is 19.6 Å². The summed E-state index contributed by atoms with van der Waals surface area (Å²) >= 11 is 0. The fraction of sp³-hybridized carbons (Fsp3) is 0.259. The number of rotatable bonds is 12. The molecule has 0 aliphatic carbocycles. The average Bonchev–Trinajstić information content (AvgIpc) is 2.87. The van der Waals surface area contributed by atoms with E-state index in [9.17, 15) is 18.0 Å². The summed E-state index contributed by atoms with van der Waals surface area (Å²) in [5.74, 6) is 0.221. The summed E-state index contributed by atoms with van der Waals surface area (Å²) in [5, 5.41) is 5.49. The molecule has 0 bridgehead atoms.